The van der Waals surface area contributed by atoms with Gasteiger partial charge in [0, 0.05) is 18.6 Å². The van der Waals surface area contributed by atoms with Crippen LogP contribution in [0.25, 0.3) is 16.8 Å². The van der Waals surface area contributed by atoms with E-state index in [-0.39, 0.29) is 0 Å². The average molecular weight is 381 g/mol. The smallest absolute Gasteiger partial charge is 0.230 e. The molecule has 0 aliphatic heterocycles. The topological polar surface area (TPSA) is 9.03 Å². The molecule has 142 valence electrons. The van der Waals surface area contributed by atoms with E-state index in [1.54, 1.807) is 6.07 Å². The van der Waals surface area contributed by atoms with E-state index in [1.807, 2.05) is 67.2 Å². The molecular weight excluding hydrogens is 361 g/mol. The predicted octanol–water partition coefficient (Wildman–Crippen LogP) is 5.52. The molecule has 0 saturated heterocycles. The highest BCUT2D eigenvalue weighted by Crippen LogP contribution is 2.35. The maximum absolute atomic E-state index is 13.2. The van der Waals surface area contributed by atoms with Gasteiger partial charge in [0.2, 0.25) is 0 Å². The minimum absolute atomic E-state index is 0.570. The van der Waals surface area contributed by atoms with Crippen LogP contribution in [0, 0.1) is 6.92 Å². The average Bonchev–Trinajstić information content (AvgIpc) is 2.85. The Balaban J connectivity index is 1.90. The van der Waals surface area contributed by atoms with Crippen LogP contribution in [0.3, 0.4) is 0 Å². The number of halogens is 3. The Morgan fingerprint density at radius 2 is 1.82 bits per heavy atom. The van der Waals surface area contributed by atoms with Crippen LogP contribution in [0.4, 0.5) is 13.2 Å². The lowest BCUT2D eigenvalue weighted by atomic mass is 9.92. The van der Waals surface area contributed by atoms with Crippen LogP contribution in [0.15, 0.2) is 73.1 Å². The van der Waals surface area contributed by atoms with Crippen molar-refractivity contribution in [2.24, 2.45) is 7.05 Å². The quantitative estimate of drug-likeness (QED) is 0.517. The standard InChI is InChI=1S/C23H20F3N2/c1-16-14-28-15-18(11-12-22(28)27(16)2)21-10-5-3-4-9-20(21)17-7-6-8-19(13-17)23(24,25)26/h3-8,10-15H,9H2,1-2H3/q+1. The second kappa shape index (κ2) is 6.82. The van der Waals surface area contributed by atoms with Gasteiger partial charge in [0.05, 0.1) is 12.6 Å². The third-order valence-electron chi connectivity index (χ3n) is 5.16. The van der Waals surface area contributed by atoms with E-state index in [0.717, 1.165) is 34.1 Å². The van der Waals surface area contributed by atoms with Gasteiger partial charge in [-0.05, 0) is 41.3 Å². The zero-order chi connectivity index (χ0) is 19.9. The summed E-state index contributed by atoms with van der Waals surface area (Å²) in [4.78, 5) is 0. The Morgan fingerprint density at radius 3 is 2.61 bits per heavy atom. The van der Waals surface area contributed by atoms with Crippen molar-refractivity contribution >= 4 is 16.8 Å². The Kier molecular flexibility index (Phi) is 4.46. The molecule has 1 aliphatic carbocycles. The number of aryl methyl sites for hydroxylation is 2. The van der Waals surface area contributed by atoms with E-state index >= 15 is 0 Å². The van der Waals surface area contributed by atoms with Gasteiger partial charge in [-0.15, -0.1) is 0 Å². The Bertz CT molecular complexity index is 1140. The normalized spacial score (nSPS) is 14.8. The van der Waals surface area contributed by atoms with Gasteiger partial charge in [0.25, 0.3) is 5.65 Å². The first kappa shape index (κ1) is 18.3. The third kappa shape index (κ3) is 3.28. The molecule has 2 heterocycles. The molecule has 5 heteroatoms. The number of hydrogen-bond donors (Lipinski definition) is 0. The highest BCUT2D eigenvalue weighted by atomic mass is 19.4. The molecule has 0 saturated carbocycles. The van der Waals surface area contributed by atoms with Crippen LogP contribution >= 0.6 is 0 Å². The lowest BCUT2D eigenvalue weighted by Gasteiger charge is -2.14. The second-order valence-electron chi connectivity index (χ2n) is 6.97. The van der Waals surface area contributed by atoms with Gasteiger partial charge in [0.1, 0.15) is 18.1 Å². The Labute approximate surface area is 161 Å². The number of fused-ring (bicyclic) bond motifs is 1. The summed E-state index contributed by atoms with van der Waals surface area (Å²) in [7, 11) is 2.01. The van der Waals surface area contributed by atoms with Crippen molar-refractivity contribution in [3.63, 3.8) is 0 Å². The fourth-order valence-corrected chi connectivity index (χ4v) is 3.58. The lowest BCUT2D eigenvalue weighted by molar-refractivity contribution is -0.511. The molecule has 0 unspecified atom stereocenters. The van der Waals surface area contributed by atoms with Crippen LogP contribution in [0.1, 0.15) is 28.8 Å². The fraction of sp³-hybridized carbons (Fsp3) is 0.174. The number of imidazole rings is 1. The molecule has 0 N–H and O–H groups in total. The number of allylic oxidation sites excluding steroid dienone is 6. The highest BCUT2D eigenvalue weighted by molar-refractivity contribution is 5.96. The Morgan fingerprint density at radius 1 is 1.00 bits per heavy atom. The van der Waals surface area contributed by atoms with E-state index < -0.39 is 11.7 Å². The van der Waals surface area contributed by atoms with Crippen LogP contribution in [-0.2, 0) is 13.2 Å². The van der Waals surface area contributed by atoms with Gasteiger partial charge >= 0.3 is 6.18 Å². The first-order valence-corrected chi connectivity index (χ1v) is 9.06. The molecule has 1 aromatic carbocycles. The van der Waals surface area contributed by atoms with Crippen LogP contribution in [0.5, 0.6) is 0 Å². The number of nitrogens with zero attached hydrogens (tertiary/aromatic N) is 2. The molecule has 0 fully saturated rings. The summed E-state index contributed by atoms with van der Waals surface area (Å²) in [6.45, 7) is 2.04. The molecule has 1 aliphatic rings. The predicted molar refractivity (Wildman–Crippen MR) is 104 cm³/mol. The molecule has 0 bridgehead atoms. The van der Waals surface area contributed by atoms with Gasteiger partial charge in [0.15, 0.2) is 0 Å². The van der Waals surface area contributed by atoms with Crippen molar-refractivity contribution in [3.8, 4) is 0 Å². The molecule has 0 amide bonds. The van der Waals surface area contributed by atoms with Gasteiger partial charge in [-0.3, -0.25) is 0 Å². The summed E-state index contributed by atoms with van der Waals surface area (Å²) in [5.41, 5.74) is 4.92. The third-order valence-corrected chi connectivity index (χ3v) is 5.16. The lowest BCUT2D eigenvalue weighted by Crippen LogP contribution is -2.19. The monoisotopic (exact) mass is 381 g/mol. The highest BCUT2D eigenvalue weighted by Gasteiger charge is 2.30. The van der Waals surface area contributed by atoms with Crippen molar-refractivity contribution in [2.75, 3.05) is 0 Å². The van der Waals surface area contributed by atoms with Crippen molar-refractivity contribution in [3.05, 3.63) is 95.5 Å². The number of hydrogen-bond acceptors (Lipinski definition) is 0. The van der Waals surface area contributed by atoms with E-state index in [1.165, 1.54) is 12.1 Å². The maximum atomic E-state index is 13.2. The molecule has 0 radical (unpaired) electrons. The first-order valence-electron chi connectivity index (χ1n) is 9.06. The van der Waals surface area contributed by atoms with E-state index in [2.05, 4.69) is 4.57 Å². The molecule has 28 heavy (non-hydrogen) atoms. The number of alkyl halides is 3. The summed E-state index contributed by atoms with van der Waals surface area (Å²) in [5, 5.41) is 0. The van der Waals surface area contributed by atoms with Crippen molar-refractivity contribution < 1.29 is 17.6 Å². The minimum Gasteiger partial charge on any atom is -0.230 e. The molecule has 2 aromatic heterocycles. The largest absolute Gasteiger partial charge is 0.416 e. The van der Waals surface area contributed by atoms with Gasteiger partial charge in [-0.1, -0.05) is 36.4 Å². The number of benzene rings is 1. The number of aromatic nitrogens is 2. The minimum atomic E-state index is -4.36. The van der Waals surface area contributed by atoms with Crippen LogP contribution in [-0.4, -0.2) is 4.57 Å². The fourth-order valence-electron chi connectivity index (χ4n) is 3.58. The molecule has 0 spiro atoms. The van der Waals surface area contributed by atoms with Gasteiger partial charge in [-0.25, -0.2) is 8.97 Å². The zero-order valence-corrected chi connectivity index (χ0v) is 15.7. The number of rotatable bonds is 2. The number of pyridine rings is 1. The first-order chi connectivity index (χ1) is 13.3. The maximum Gasteiger partial charge on any atom is 0.416 e. The molecule has 4 rings (SSSR count). The molecule has 0 atom stereocenters. The second-order valence-corrected chi connectivity index (χ2v) is 6.97. The van der Waals surface area contributed by atoms with E-state index in [0.29, 0.717) is 12.0 Å². The summed E-state index contributed by atoms with van der Waals surface area (Å²) < 4.78 is 43.7. The van der Waals surface area contributed by atoms with Crippen LogP contribution in [0.2, 0.25) is 0 Å². The SMILES string of the molecule is Cc1c[n+]2cc(C3=C(c4cccc(C(F)(F)F)c4)CC=CC=C3)ccc2n1C. The summed E-state index contributed by atoms with van der Waals surface area (Å²) in [5.74, 6) is 0. The van der Waals surface area contributed by atoms with Crippen molar-refractivity contribution in [2.45, 2.75) is 19.5 Å². The zero-order valence-electron chi connectivity index (χ0n) is 15.7. The molecular formula is C23H20F3N2+. The van der Waals surface area contributed by atoms with E-state index in [9.17, 15) is 13.2 Å². The van der Waals surface area contributed by atoms with Crippen molar-refractivity contribution in [1.29, 1.82) is 0 Å². The summed E-state index contributed by atoms with van der Waals surface area (Å²) in [6.07, 6.45) is 8.08. The van der Waals surface area contributed by atoms with Gasteiger partial charge in [-0.2, -0.15) is 13.2 Å². The van der Waals surface area contributed by atoms with Crippen molar-refractivity contribution in [1.82, 2.24) is 4.57 Å². The van der Waals surface area contributed by atoms with Crippen LogP contribution < -0.4 is 4.40 Å². The Hall–Kier alpha value is -3.08. The molecule has 3 aromatic rings. The summed E-state index contributed by atoms with van der Waals surface area (Å²) >= 11 is 0. The molecule has 2 nitrogen and oxygen atoms in total. The van der Waals surface area contributed by atoms with Gasteiger partial charge < -0.3 is 0 Å². The summed E-state index contributed by atoms with van der Waals surface area (Å²) in [6, 6.07) is 9.62. The van der Waals surface area contributed by atoms with E-state index in [4.69, 9.17) is 0 Å².